The molecule has 0 amide bonds. The van der Waals surface area contributed by atoms with Crippen LogP contribution in [0.2, 0.25) is 0 Å². The summed E-state index contributed by atoms with van der Waals surface area (Å²) in [6, 6.07) is 4.62. The van der Waals surface area contributed by atoms with Crippen LogP contribution in [0, 0.1) is 0 Å². The van der Waals surface area contributed by atoms with E-state index in [9.17, 15) is 9.18 Å². The molecule has 0 aliphatic carbocycles. The van der Waals surface area contributed by atoms with Crippen molar-refractivity contribution in [2.75, 3.05) is 13.3 Å². The zero-order valence-corrected chi connectivity index (χ0v) is 8.75. The zero-order chi connectivity index (χ0) is 10.6. The van der Waals surface area contributed by atoms with E-state index in [0.29, 0.717) is 4.47 Å². The molecule has 0 atom stereocenters. The van der Waals surface area contributed by atoms with Crippen molar-refractivity contribution in [2.24, 2.45) is 0 Å². The maximum Gasteiger partial charge on any atom is 0.339 e. The number of para-hydroxylation sites is 1. The second-order valence-electron chi connectivity index (χ2n) is 2.46. The zero-order valence-electron chi connectivity index (χ0n) is 7.17. The Hall–Kier alpha value is -1.10. The molecule has 0 saturated heterocycles. The van der Waals surface area contributed by atoms with Crippen LogP contribution in [-0.4, -0.2) is 24.4 Å². The number of benzene rings is 1. The molecule has 0 bridgehead atoms. The van der Waals surface area contributed by atoms with Gasteiger partial charge >= 0.3 is 5.97 Å². The fourth-order valence-electron chi connectivity index (χ4n) is 0.965. The first-order valence-electron chi connectivity index (χ1n) is 3.87. The van der Waals surface area contributed by atoms with E-state index in [1.165, 1.54) is 6.07 Å². The van der Waals surface area contributed by atoms with Crippen molar-refractivity contribution in [3.63, 3.8) is 0 Å². The first kappa shape index (κ1) is 11.0. The highest BCUT2D eigenvalue weighted by Crippen LogP contribution is 2.28. The SMILES string of the molecule is O=C(O)c1cccc(Br)c1OCCF. The third-order valence-corrected chi connectivity index (χ3v) is 2.15. The lowest BCUT2D eigenvalue weighted by atomic mass is 10.2. The van der Waals surface area contributed by atoms with Gasteiger partial charge in [-0.05, 0) is 28.1 Å². The van der Waals surface area contributed by atoms with E-state index in [-0.39, 0.29) is 17.9 Å². The Bertz CT molecular complexity index is 341. The summed E-state index contributed by atoms with van der Waals surface area (Å²) in [5.41, 5.74) is 0.0211. The summed E-state index contributed by atoms with van der Waals surface area (Å²) in [5.74, 6) is -0.933. The standard InChI is InChI=1S/C9H8BrFO3/c10-7-3-1-2-6(9(12)13)8(7)14-5-4-11/h1-3H,4-5H2,(H,12,13). The highest BCUT2D eigenvalue weighted by Gasteiger charge is 2.13. The summed E-state index contributed by atoms with van der Waals surface area (Å²) >= 11 is 3.13. The molecule has 0 radical (unpaired) electrons. The second kappa shape index (κ2) is 4.95. The summed E-state index contributed by atoms with van der Waals surface area (Å²) in [6.07, 6.45) is 0. The highest BCUT2D eigenvalue weighted by atomic mass is 79.9. The van der Waals surface area contributed by atoms with Crippen molar-refractivity contribution < 1.29 is 19.0 Å². The third kappa shape index (κ3) is 2.45. The fourth-order valence-corrected chi connectivity index (χ4v) is 1.45. The number of alkyl halides is 1. The van der Waals surface area contributed by atoms with E-state index in [1.807, 2.05) is 0 Å². The van der Waals surface area contributed by atoms with E-state index >= 15 is 0 Å². The fraction of sp³-hybridized carbons (Fsp3) is 0.222. The van der Waals surface area contributed by atoms with Gasteiger partial charge in [-0.15, -0.1) is 0 Å². The average molecular weight is 263 g/mol. The van der Waals surface area contributed by atoms with Gasteiger partial charge in [0, 0.05) is 0 Å². The minimum atomic E-state index is -1.10. The number of carboxylic acids is 1. The van der Waals surface area contributed by atoms with Gasteiger partial charge in [0.25, 0.3) is 0 Å². The van der Waals surface area contributed by atoms with Gasteiger partial charge in [0.05, 0.1) is 4.47 Å². The van der Waals surface area contributed by atoms with Gasteiger partial charge in [0.1, 0.15) is 24.6 Å². The van der Waals surface area contributed by atoms with Crippen molar-refractivity contribution in [3.05, 3.63) is 28.2 Å². The molecule has 0 fully saturated rings. The van der Waals surface area contributed by atoms with Crippen LogP contribution in [0.15, 0.2) is 22.7 Å². The van der Waals surface area contributed by atoms with Gasteiger partial charge in [-0.3, -0.25) is 0 Å². The third-order valence-electron chi connectivity index (χ3n) is 1.52. The molecule has 0 unspecified atom stereocenters. The molecule has 0 aliphatic rings. The molecular weight excluding hydrogens is 255 g/mol. The van der Waals surface area contributed by atoms with Crippen LogP contribution >= 0.6 is 15.9 Å². The number of halogens is 2. The number of rotatable bonds is 4. The molecule has 5 heteroatoms. The summed E-state index contributed by atoms with van der Waals surface area (Å²) in [7, 11) is 0. The van der Waals surface area contributed by atoms with Gasteiger partial charge in [-0.2, -0.15) is 0 Å². The van der Waals surface area contributed by atoms with Crippen LogP contribution in [0.4, 0.5) is 4.39 Å². The van der Waals surface area contributed by atoms with E-state index in [2.05, 4.69) is 15.9 Å². The van der Waals surface area contributed by atoms with Crippen molar-refractivity contribution in [1.29, 1.82) is 0 Å². The van der Waals surface area contributed by atoms with Crippen LogP contribution < -0.4 is 4.74 Å². The van der Waals surface area contributed by atoms with Crippen LogP contribution in [0.3, 0.4) is 0 Å². The average Bonchev–Trinajstić information content (AvgIpc) is 2.15. The molecule has 0 aliphatic heterocycles. The lowest BCUT2D eigenvalue weighted by molar-refractivity contribution is 0.0691. The van der Waals surface area contributed by atoms with E-state index < -0.39 is 12.6 Å². The molecule has 0 saturated carbocycles. The Labute approximate surface area is 88.6 Å². The van der Waals surface area contributed by atoms with Gasteiger partial charge in [-0.1, -0.05) is 6.07 Å². The minimum Gasteiger partial charge on any atom is -0.489 e. The summed E-state index contributed by atoms with van der Waals surface area (Å²) < 4.78 is 17.3. The molecule has 1 aromatic carbocycles. The van der Waals surface area contributed by atoms with E-state index in [0.717, 1.165) is 0 Å². The van der Waals surface area contributed by atoms with Gasteiger partial charge < -0.3 is 9.84 Å². The minimum absolute atomic E-state index is 0.0211. The topological polar surface area (TPSA) is 46.5 Å². The predicted molar refractivity (Wildman–Crippen MR) is 52.6 cm³/mol. The number of hydrogen-bond acceptors (Lipinski definition) is 2. The monoisotopic (exact) mass is 262 g/mol. The second-order valence-corrected chi connectivity index (χ2v) is 3.31. The van der Waals surface area contributed by atoms with E-state index in [4.69, 9.17) is 9.84 Å². The molecule has 76 valence electrons. The summed E-state index contributed by atoms with van der Waals surface area (Å²) in [4.78, 5) is 10.7. The molecule has 0 spiro atoms. The molecule has 1 aromatic rings. The van der Waals surface area contributed by atoms with Crippen molar-refractivity contribution in [1.82, 2.24) is 0 Å². The van der Waals surface area contributed by atoms with Gasteiger partial charge in [-0.25, -0.2) is 9.18 Å². The Kier molecular flexibility index (Phi) is 3.88. The molecule has 3 nitrogen and oxygen atoms in total. The number of hydrogen-bond donors (Lipinski definition) is 1. The molecule has 14 heavy (non-hydrogen) atoms. The van der Waals surface area contributed by atoms with Crippen molar-refractivity contribution in [2.45, 2.75) is 0 Å². The Morgan fingerprint density at radius 2 is 2.29 bits per heavy atom. The van der Waals surface area contributed by atoms with Gasteiger partial charge in [0.15, 0.2) is 0 Å². The lowest BCUT2D eigenvalue weighted by Crippen LogP contribution is -2.05. The molecule has 0 heterocycles. The summed E-state index contributed by atoms with van der Waals surface area (Å²) in [5, 5.41) is 8.79. The van der Waals surface area contributed by atoms with Crippen molar-refractivity contribution >= 4 is 21.9 Å². The van der Waals surface area contributed by atoms with Crippen LogP contribution in [0.1, 0.15) is 10.4 Å². The maximum atomic E-state index is 11.9. The predicted octanol–water partition coefficient (Wildman–Crippen LogP) is 2.50. The van der Waals surface area contributed by atoms with E-state index in [1.54, 1.807) is 12.1 Å². The summed E-state index contributed by atoms with van der Waals surface area (Å²) in [6.45, 7) is -0.802. The molecule has 1 N–H and O–H groups in total. The highest BCUT2D eigenvalue weighted by molar-refractivity contribution is 9.10. The van der Waals surface area contributed by atoms with Crippen LogP contribution in [0.25, 0.3) is 0 Å². The van der Waals surface area contributed by atoms with Gasteiger partial charge in [0.2, 0.25) is 0 Å². The van der Waals surface area contributed by atoms with Crippen LogP contribution in [-0.2, 0) is 0 Å². The number of carboxylic acid groups (broad SMARTS) is 1. The maximum absolute atomic E-state index is 11.9. The largest absolute Gasteiger partial charge is 0.489 e. The van der Waals surface area contributed by atoms with Crippen LogP contribution in [0.5, 0.6) is 5.75 Å². The number of aromatic carboxylic acids is 1. The quantitative estimate of drug-likeness (QED) is 0.907. The normalized spacial score (nSPS) is 9.86. The molecular formula is C9H8BrFO3. The van der Waals surface area contributed by atoms with Crippen molar-refractivity contribution in [3.8, 4) is 5.75 Å². The lowest BCUT2D eigenvalue weighted by Gasteiger charge is -2.08. The Morgan fingerprint density at radius 1 is 1.57 bits per heavy atom. The molecule has 0 aromatic heterocycles. The first-order chi connectivity index (χ1) is 6.66. The Balaban J connectivity index is 3.02. The smallest absolute Gasteiger partial charge is 0.339 e. The molecule has 1 rings (SSSR count). The first-order valence-corrected chi connectivity index (χ1v) is 4.66. The number of ether oxygens (including phenoxy) is 1. The Morgan fingerprint density at radius 3 is 2.86 bits per heavy atom. The number of carbonyl (C=O) groups is 1.